The highest BCUT2D eigenvalue weighted by atomic mass is 14.5. The van der Waals surface area contributed by atoms with Gasteiger partial charge in [0.2, 0.25) is 0 Å². The zero-order chi connectivity index (χ0) is 20.7. The lowest BCUT2D eigenvalue weighted by molar-refractivity contribution is 0.765. The van der Waals surface area contributed by atoms with E-state index in [9.17, 15) is 0 Å². The van der Waals surface area contributed by atoms with Gasteiger partial charge in [0.25, 0.3) is 0 Å². The van der Waals surface area contributed by atoms with Gasteiger partial charge in [-0.15, -0.1) is 0 Å². The first-order chi connectivity index (χ1) is 14.2. The standard InChI is InChI=1S/C29H30/c1-5-9-16-23(8-4)29(24(17-10-6-2)18-11-7-3)27-21-14-12-19-25(27)26-20-13-15-22-28(26)29/h5-6,8-22H,4,7H2,1-3H3/b9-5-,10-6+,18-11-,23-16+,24-17+. The van der Waals surface area contributed by atoms with Gasteiger partial charge in [0.15, 0.2) is 0 Å². The fourth-order valence-electron chi connectivity index (χ4n) is 4.32. The number of fused-ring (bicyclic) bond motifs is 3. The molecule has 1 aliphatic carbocycles. The minimum Gasteiger partial charge on any atom is -0.0987 e. The average Bonchev–Trinajstić information content (AvgIpc) is 3.06. The zero-order valence-corrected chi connectivity index (χ0v) is 17.7. The Morgan fingerprint density at radius 2 is 1.34 bits per heavy atom. The van der Waals surface area contributed by atoms with Gasteiger partial charge >= 0.3 is 0 Å². The lowest BCUT2D eigenvalue weighted by Crippen LogP contribution is -2.29. The van der Waals surface area contributed by atoms with Crippen molar-refractivity contribution >= 4 is 0 Å². The molecule has 2 aromatic rings. The minimum absolute atomic E-state index is 0.389. The van der Waals surface area contributed by atoms with Crippen LogP contribution in [-0.2, 0) is 5.41 Å². The first-order valence-corrected chi connectivity index (χ1v) is 10.4. The molecule has 0 atom stereocenters. The maximum Gasteiger partial charge on any atom is 0.0713 e. The monoisotopic (exact) mass is 378 g/mol. The summed E-state index contributed by atoms with van der Waals surface area (Å²) in [5, 5.41) is 0. The molecule has 2 aromatic carbocycles. The Balaban J connectivity index is 2.51. The van der Waals surface area contributed by atoms with Crippen LogP contribution in [0.15, 0.2) is 121 Å². The van der Waals surface area contributed by atoms with Gasteiger partial charge in [-0.2, -0.15) is 0 Å². The summed E-state index contributed by atoms with van der Waals surface area (Å²) in [4.78, 5) is 0. The molecule has 1 aliphatic rings. The minimum atomic E-state index is -0.389. The third-order valence-corrected chi connectivity index (χ3v) is 5.51. The Labute approximate surface area is 176 Å². The number of hydrogen-bond donors (Lipinski definition) is 0. The molecule has 0 heteroatoms. The quantitative estimate of drug-likeness (QED) is 0.427. The van der Waals surface area contributed by atoms with Crippen LogP contribution in [0.1, 0.15) is 38.3 Å². The molecule has 0 spiro atoms. The van der Waals surface area contributed by atoms with Crippen molar-refractivity contribution < 1.29 is 0 Å². The maximum atomic E-state index is 4.22. The molecule has 0 unspecified atom stereocenters. The molecule has 0 nitrogen and oxygen atoms in total. The van der Waals surface area contributed by atoms with E-state index in [-0.39, 0.29) is 5.41 Å². The normalized spacial score (nSPS) is 16.0. The molecule has 0 fully saturated rings. The summed E-state index contributed by atoms with van der Waals surface area (Å²) in [5.74, 6) is 0. The second kappa shape index (κ2) is 9.39. The zero-order valence-electron chi connectivity index (χ0n) is 17.7. The molecule has 0 radical (unpaired) electrons. The van der Waals surface area contributed by atoms with Crippen LogP contribution in [0.25, 0.3) is 11.1 Å². The van der Waals surface area contributed by atoms with E-state index >= 15 is 0 Å². The molecular formula is C29H30. The molecule has 0 aromatic heterocycles. The van der Waals surface area contributed by atoms with Crippen LogP contribution in [0, 0.1) is 0 Å². The lowest BCUT2D eigenvalue weighted by atomic mass is 9.66. The molecule has 0 N–H and O–H groups in total. The van der Waals surface area contributed by atoms with Gasteiger partial charge in [-0.25, -0.2) is 0 Å². The van der Waals surface area contributed by atoms with Crippen molar-refractivity contribution in [1.29, 1.82) is 0 Å². The molecule has 3 rings (SSSR count). The Bertz CT molecular complexity index is 976. The van der Waals surface area contributed by atoms with Crippen molar-refractivity contribution in [3.8, 4) is 11.1 Å². The first-order valence-electron chi connectivity index (χ1n) is 10.4. The third kappa shape index (κ3) is 3.51. The third-order valence-electron chi connectivity index (χ3n) is 5.51. The van der Waals surface area contributed by atoms with E-state index in [0.29, 0.717) is 0 Å². The van der Waals surface area contributed by atoms with Crippen molar-refractivity contribution in [3.05, 3.63) is 132 Å². The Kier molecular flexibility index (Phi) is 6.67. The Morgan fingerprint density at radius 3 is 1.83 bits per heavy atom. The summed E-state index contributed by atoms with van der Waals surface area (Å²) >= 11 is 0. The van der Waals surface area contributed by atoms with Crippen LogP contribution >= 0.6 is 0 Å². The second-order valence-electron chi connectivity index (χ2n) is 7.15. The Hall–Kier alpha value is -3.12. The molecule has 0 heterocycles. The van der Waals surface area contributed by atoms with E-state index in [0.717, 1.165) is 6.42 Å². The molecule has 146 valence electrons. The smallest absolute Gasteiger partial charge is 0.0713 e. The van der Waals surface area contributed by atoms with E-state index in [4.69, 9.17) is 0 Å². The number of allylic oxidation sites excluding steroid dienone is 11. The summed E-state index contributed by atoms with van der Waals surface area (Å²) in [7, 11) is 0. The molecule has 0 bridgehead atoms. The number of rotatable bonds is 7. The second-order valence-corrected chi connectivity index (χ2v) is 7.15. The van der Waals surface area contributed by atoms with Crippen molar-refractivity contribution in [2.75, 3.05) is 0 Å². The van der Waals surface area contributed by atoms with Gasteiger partial charge in [0.05, 0.1) is 5.41 Å². The van der Waals surface area contributed by atoms with Crippen LogP contribution in [0.5, 0.6) is 0 Å². The highest BCUT2D eigenvalue weighted by Gasteiger charge is 2.46. The van der Waals surface area contributed by atoms with Crippen LogP contribution in [-0.4, -0.2) is 0 Å². The van der Waals surface area contributed by atoms with Crippen LogP contribution in [0.3, 0.4) is 0 Å². The largest absolute Gasteiger partial charge is 0.0987 e. The summed E-state index contributed by atoms with van der Waals surface area (Å²) in [5.41, 5.74) is 7.27. The van der Waals surface area contributed by atoms with E-state index in [2.05, 4.69) is 118 Å². The lowest BCUT2D eigenvalue weighted by Gasteiger charge is -2.35. The summed E-state index contributed by atoms with van der Waals surface area (Å²) in [6, 6.07) is 17.6. The van der Waals surface area contributed by atoms with Crippen LogP contribution in [0.4, 0.5) is 0 Å². The van der Waals surface area contributed by atoms with Gasteiger partial charge in [-0.05, 0) is 53.7 Å². The summed E-state index contributed by atoms with van der Waals surface area (Å²) < 4.78 is 0. The molecular weight excluding hydrogens is 348 g/mol. The van der Waals surface area contributed by atoms with Crippen LogP contribution < -0.4 is 0 Å². The van der Waals surface area contributed by atoms with Crippen molar-refractivity contribution in [1.82, 2.24) is 0 Å². The highest BCUT2D eigenvalue weighted by Crippen LogP contribution is 2.57. The average molecular weight is 379 g/mol. The van der Waals surface area contributed by atoms with Gasteiger partial charge in [-0.3, -0.25) is 0 Å². The van der Waals surface area contributed by atoms with E-state index in [1.54, 1.807) is 0 Å². The number of benzene rings is 2. The molecule has 29 heavy (non-hydrogen) atoms. The molecule has 0 aliphatic heterocycles. The topological polar surface area (TPSA) is 0 Å². The van der Waals surface area contributed by atoms with Crippen molar-refractivity contribution in [2.45, 2.75) is 32.6 Å². The predicted molar refractivity (Wildman–Crippen MR) is 128 cm³/mol. The van der Waals surface area contributed by atoms with Crippen molar-refractivity contribution in [2.24, 2.45) is 0 Å². The van der Waals surface area contributed by atoms with Crippen molar-refractivity contribution in [3.63, 3.8) is 0 Å². The summed E-state index contributed by atoms with van der Waals surface area (Å²) in [6.45, 7) is 10.5. The molecule has 0 saturated heterocycles. The maximum absolute atomic E-state index is 4.22. The SMILES string of the molecule is C=C/C(=C\C=C/C)C1(C(/C=C\CC)=C/C=C/C)c2ccccc2-c2ccccc21. The first kappa shape index (κ1) is 20.6. The Morgan fingerprint density at radius 1 is 0.828 bits per heavy atom. The highest BCUT2D eigenvalue weighted by molar-refractivity contribution is 5.87. The van der Waals surface area contributed by atoms with E-state index in [1.165, 1.54) is 33.4 Å². The molecule has 0 amide bonds. The fraction of sp³-hybridized carbons (Fsp3) is 0.172. The van der Waals surface area contributed by atoms with E-state index in [1.807, 2.05) is 13.0 Å². The van der Waals surface area contributed by atoms with Gasteiger partial charge in [0, 0.05) is 0 Å². The van der Waals surface area contributed by atoms with Gasteiger partial charge < -0.3 is 0 Å². The summed E-state index contributed by atoms with van der Waals surface area (Å²) in [6.07, 6.45) is 20.4. The predicted octanol–water partition coefficient (Wildman–Crippen LogP) is 8.11. The van der Waals surface area contributed by atoms with Gasteiger partial charge in [0.1, 0.15) is 0 Å². The van der Waals surface area contributed by atoms with Crippen LogP contribution in [0.2, 0.25) is 0 Å². The van der Waals surface area contributed by atoms with Gasteiger partial charge in [-0.1, -0.05) is 117 Å². The fourth-order valence-corrected chi connectivity index (χ4v) is 4.32. The van der Waals surface area contributed by atoms with E-state index < -0.39 is 0 Å². The number of hydrogen-bond acceptors (Lipinski definition) is 0. The molecule has 0 saturated carbocycles.